The average molecular weight is 267 g/mol. The third kappa shape index (κ3) is 2.72. The van der Waals surface area contributed by atoms with Gasteiger partial charge in [0.05, 0.1) is 7.11 Å². The summed E-state index contributed by atoms with van der Waals surface area (Å²) >= 11 is 0. The summed E-state index contributed by atoms with van der Waals surface area (Å²) in [6.45, 7) is 4.20. The Morgan fingerprint density at radius 1 is 0.800 bits per heavy atom. The molecule has 0 N–H and O–H groups in total. The maximum Gasteiger partial charge on any atom is 0.119 e. The van der Waals surface area contributed by atoms with E-state index in [9.17, 15) is 0 Å². The van der Waals surface area contributed by atoms with E-state index in [4.69, 9.17) is 4.74 Å². The number of rotatable bonds is 3. The summed E-state index contributed by atoms with van der Waals surface area (Å²) in [6.07, 6.45) is 0. The van der Waals surface area contributed by atoms with Crippen molar-refractivity contribution in [1.29, 1.82) is 0 Å². The second kappa shape index (κ2) is 5.87. The quantitative estimate of drug-likeness (QED) is 0.850. The number of hydrogen-bond acceptors (Lipinski definition) is 3. The Morgan fingerprint density at radius 2 is 1.30 bits per heavy atom. The molecule has 0 aliphatic carbocycles. The van der Waals surface area contributed by atoms with E-state index in [0.29, 0.717) is 0 Å². The molecule has 3 nitrogen and oxygen atoms in total. The molecule has 1 aliphatic rings. The summed E-state index contributed by atoms with van der Waals surface area (Å²) in [5.41, 5.74) is 2.56. The van der Waals surface area contributed by atoms with Crippen LogP contribution < -0.4 is 14.5 Å². The van der Waals surface area contributed by atoms with Crippen molar-refractivity contribution in [3.63, 3.8) is 0 Å². The second-order valence-corrected chi connectivity index (χ2v) is 4.93. The Balaban J connectivity index is 1.63. The minimum atomic E-state index is 0.910. The summed E-state index contributed by atoms with van der Waals surface area (Å²) in [4.78, 5) is 4.85. The topological polar surface area (TPSA) is 15.7 Å². The molecule has 3 rings (SSSR count). The summed E-state index contributed by atoms with van der Waals surface area (Å²) < 4.78 is 5.20. The van der Waals surface area contributed by atoms with Gasteiger partial charge in [-0.25, -0.2) is 0 Å². The Hall–Kier alpha value is -2.16. The van der Waals surface area contributed by atoms with Crippen molar-refractivity contribution in [2.75, 3.05) is 43.1 Å². The van der Waals surface area contributed by atoms with Crippen LogP contribution in [0.15, 0.2) is 48.5 Å². The van der Waals surface area contributed by atoms with Gasteiger partial charge in [-0.2, -0.15) is 0 Å². The zero-order valence-electron chi connectivity index (χ0n) is 11.7. The van der Waals surface area contributed by atoms with Crippen molar-refractivity contribution in [3.8, 4) is 5.75 Å². The molecule has 20 heavy (non-hydrogen) atoms. The number of anilines is 2. The van der Waals surface area contributed by atoms with E-state index in [1.54, 1.807) is 7.11 Å². The van der Waals surface area contributed by atoms with Crippen LogP contribution in [0.1, 0.15) is 0 Å². The maximum atomic E-state index is 5.20. The molecule has 103 valence electrons. The van der Waals surface area contributed by atoms with E-state index in [2.05, 4.69) is 40.1 Å². The molecule has 1 fully saturated rings. The minimum absolute atomic E-state index is 0.910. The van der Waals surface area contributed by atoms with Crippen LogP contribution in [0.5, 0.6) is 5.75 Å². The lowest BCUT2D eigenvalue weighted by molar-refractivity contribution is 0.415. The van der Waals surface area contributed by atoms with Crippen LogP contribution in [-0.4, -0.2) is 33.3 Å². The molecule has 1 heterocycles. The van der Waals surface area contributed by atoms with Gasteiger partial charge in [-0.15, -0.1) is 0 Å². The Morgan fingerprint density at radius 3 is 1.80 bits per heavy atom. The molecule has 0 amide bonds. The van der Waals surface area contributed by atoms with Gasteiger partial charge in [0.1, 0.15) is 5.75 Å². The van der Waals surface area contributed by atoms with Crippen LogP contribution >= 0.6 is 0 Å². The molecule has 0 unspecified atom stereocenters. The zero-order chi connectivity index (χ0) is 13.8. The summed E-state index contributed by atoms with van der Waals surface area (Å²) in [7, 11) is 1.70. The first-order valence-corrected chi connectivity index (χ1v) is 6.97. The fourth-order valence-electron chi connectivity index (χ4n) is 2.60. The van der Waals surface area contributed by atoms with Crippen molar-refractivity contribution < 1.29 is 4.74 Å². The van der Waals surface area contributed by atoms with Gasteiger partial charge >= 0.3 is 0 Å². The summed E-state index contributed by atoms with van der Waals surface area (Å²) in [5.74, 6) is 0.910. The second-order valence-electron chi connectivity index (χ2n) is 4.93. The summed E-state index contributed by atoms with van der Waals surface area (Å²) in [5, 5.41) is 0. The largest absolute Gasteiger partial charge is 0.497 e. The first-order valence-electron chi connectivity index (χ1n) is 6.97. The standard InChI is InChI=1S/C17H19N2O/c1-20-17-9-7-16(8-10-17)19-13-11-18(12-14-19)15-5-3-2-4-6-15/h3-10H,11-14H2,1H3. The molecule has 0 atom stereocenters. The van der Waals surface area contributed by atoms with Crippen molar-refractivity contribution >= 4 is 11.4 Å². The Kier molecular flexibility index (Phi) is 3.77. The fraction of sp³-hybridized carbons (Fsp3) is 0.294. The van der Waals surface area contributed by atoms with E-state index in [-0.39, 0.29) is 0 Å². The van der Waals surface area contributed by atoms with E-state index in [1.165, 1.54) is 11.4 Å². The van der Waals surface area contributed by atoms with Crippen LogP contribution in [0.4, 0.5) is 11.4 Å². The molecule has 3 heteroatoms. The predicted octanol–water partition coefficient (Wildman–Crippen LogP) is 2.82. The van der Waals surface area contributed by atoms with Gasteiger partial charge in [0.2, 0.25) is 0 Å². The highest BCUT2D eigenvalue weighted by atomic mass is 16.5. The van der Waals surface area contributed by atoms with Gasteiger partial charge < -0.3 is 14.5 Å². The van der Waals surface area contributed by atoms with Gasteiger partial charge in [-0.3, -0.25) is 0 Å². The van der Waals surface area contributed by atoms with Gasteiger partial charge in [0.25, 0.3) is 0 Å². The number of nitrogens with zero attached hydrogens (tertiary/aromatic N) is 2. The molecule has 1 saturated heterocycles. The highest BCUT2D eigenvalue weighted by Crippen LogP contribution is 2.22. The number of methoxy groups -OCH3 is 1. The van der Waals surface area contributed by atoms with Gasteiger partial charge in [0.15, 0.2) is 0 Å². The molecular formula is C17H19N2O. The molecular weight excluding hydrogens is 248 g/mol. The smallest absolute Gasteiger partial charge is 0.119 e. The van der Waals surface area contributed by atoms with Crippen molar-refractivity contribution in [2.45, 2.75) is 0 Å². The lowest BCUT2D eigenvalue weighted by Crippen LogP contribution is -2.46. The van der Waals surface area contributed by atoms with Gasteiger partial charge in [-0.05, 0) is 42.5 Å². The number of piperazine rings is 1. The van der Waals surface area contributed by atoms with Crippen LogP contribution in [-0.2, 0) is 0 Å². The molecule has 1 radical (unpaired) electrons. The highest BCUT2D eigenvalue weighted by Gasteiger charge is 2.17. The highest BCUT2D eigenvalue weighted by molar-refractivity contribution is 5.52. The number of hydrogen-bond donors (Lipinski definition) is 0. The van der Waals surface area contributed by atoms with Crippen molar-refractivity contribution in [2.24, 2.45) is 0 Å². The molecule has 0 spiro atoms. The van der Waals surface area contributed by atoms with E-state index < -0.39 is 0 Å². The first kappa shape index (κ1) is 12.9. The van der Waals surface area contributed by atoms with E-state index >= 15 is 0 Å². The zero-order valence-corrected chi connectivity index (χ0v) is 11.7. The third-order valence-corrected chi connectivity index (χ3v) is 3.78. The molecule has 0 aromatic heterocycles. The van der Waals surface area contributed by atoms with Gasteiger partial charge in [-0.1, -0.05) is 12.1 Å². The number of ether oxygens (including phenoxy) is 1. The van der Waals surface area contributed by atoms with E-state index in [1.807, 2.05) is 24.3 Å². The Labute approximate surface area is 120 Å². The average Bonchev–Trinajstić information content (AvgIpc) is 2.56. The molecule has 2 aromatic carbocycles. The minimum Gasteiger partial charge on any atom is -0.497 e. The van der Waals surface area contributed by atoms with Crippen LogP contribution in [0.25, 0.3) is 0 Å². The fourth-order valence-corrected chi connectivity index (χ4v) is 2.60. The molecule has 2 aromatic rings. The van der Waals surface area contributed by atoms with Gasteiger partial charge in [0, 0.05) is 37.6 Å². The summed E-state index contributed by atoms with van der Waals surface area (Å²) in [6, 6.07) is 19.6. The Bertz CT molecular complexity index is 531. The molecule has 0 bridgehead atoms. The third-order valence-electron chi connectivity index (χ3n) is 3.78. The maximum absolute atomic E-state index is 5.20. The molecule has 1 aliphatic heterocycles. The van der Waals surface area contributed by atoms with Crippen molar-refractivity contribution in [1.82, 2.24) is 0 Å². The normalized spacial score (nSPS) is 15.2. The first-order chi connectivity index (χ1) is 9.86. The molecule has 0 saturated carbocycles. The van der Waals surface area contributed by atoms with Crippen LogP contribution in [0.2, 0.25) is 0 Å². The van der Waals surface area contributed by atoms with Crippen LogP contribution in [0.3, 0.4) is 0 Å². The lowest BCUT2D eigenvalue weighted by atomic mass is 10.2. The lowest BCUT2D eigenvalue weighted by Gasteiger charge is -2.37. The SMILES string of the molecule is COc1ccc(N2CCN(c3cc[c]cc3)CC2)cc1. The van der Waals surface area contributed by atoms with Crippen LogP contribution in [0, 0.1) is 6.07 Å². The number of benzene rings is 2. The predicted molar refractivity (Wildman–Crippen MR) is 82.7 cm³/mol. The van der Waals surface area contributed by atoms with E-state index in [0.717, 1.165) is 31.9 Å². The monoisotopic (exact) mass is 267 g/mol. The van der Waals surface area contributed by atoms with Crippen molar-refractivity contribution in [3.05, 3.63) is 54.6 Å².